The maximum Gasteiger partial charge on any atom is 0.164 e. The lowest BCUT2D eigenvalue weighted by atomic mass is 9.96. The Balaban J connectivity index is 2.23. The first-order chi connectivity index (χ1) is 11.6. The van der Waals surface area contributed by atoms with Crippen LogP contribution in [0.2, 0.25) is 0 Å². The predicted octanol–water partition coefficient (Wildman–Crippen LogP) is 4.20. The number of methoxy groups -OCH3 is 3. The maximum atomic E-state index is 5.51. The Morgan fingerprint density at radius 1 is 0.833 bits per heavy atom. The Kier molecular flexibility index (Phi) is 6.50. The highest BCUT2D eigenvalue weighted by Gasteiger charge is 2.17. The van der Waals surface area contributed by atoms with Crippen molar-refractivity contribution in [1.82, 2.24) is 5.32 Å². The Hall–Kier alpha value is -2.20. The van der Waals surface area contributed by atoms with Gasteiger partial charge in [0.25, 0.3) is 0 Å². The third-order valence-corrected chi connectivity index (χ3v) is 4.12. The first kappa shape index (κ1) is 18.1. The molecule has 0 radical (unpaired) electrons. The van der Waals surface area contributed by atoms with Crippen molar-refractivity contribution in [1.29, 1.82) is 0 Å². The molecule has 24 heavy (non-hydrogen) atoms. The molecule has 1 atom stereocenters. The SMILES string of the molecule is COc1cc(OC)c(OC)cc1CN[C@@H](c1ccccc1)C(C)C. The number of rotatable bonds is 8. The highest BCUT2D eigenvalue weighted by Crippen LogP contribution is 2.35. The number of benzene rings is 2. The van der Waals surface area contributed by atoms with E-state index in [9.17, 15) is 0 Å². The zero-order chi connectivity index (χ0) is 17.5. The van der Waals surface area contributed by atoms with Gasteiger partial charge >= 0.3 is 0 Å². The number of nitrogens with one attached hydrogen (secondary N) is 1. The van der Waals surface area contributed by atoms with Crippen molar-refractivity contribution in [3.8, 4) is 17.2 Å². The number of hydrogen-bond donors (Lipinski definition) is 1. The van der Waals surface area contributed by atoms with Crippen LogP contribution in [-0.2, 0) is 6.54 Å². The summed E-state index contributed by atoms with van der Waals surface area (Å²) in [6, 6.07) is 14.6. The number of hydrogen-bond acceptors (Lipinski definition) is 4. The summed E-state index contributed by atoms with van der Waals surface area (Å²) in [5.41, 5.74) is 2.32. The van der Waals surface area contributed by atoms with Crippen LogP contribution in [0.4, 0.5) is 0 Å². The van der Waals surface area contributed by atoms with E-state index in [1.807, 2.05) is 18.2 Å². The smallest absolute Gasteiger partial charge is 0.164 e. The molecule has 2 rings (SSSR count). The molecule has 0 aliphatic heterocycles. The molecule has 0 aliphatic rings. The van der Waals surface area contributed by atoms with Crippen LogP contribution in [0.25, 0.3) is 0 Å². The molecule has 0 heterocycles. The van der Waals surface area contributed by atoms with E-state index in [4.69, 9.17) is 14.2 Å². The fourth-order valence-corrected chi connectivity index (χ4v) is 2.85. The van der Waals surface area contributed by atoms with Gasteiger partial charge in [-0.05, 0) is 17.5 Å². The zero-order valence-electron chi connectivity index (χ0n) is 15.1. The molecule has 0 fully saturated rings. The lowest BCUT2D eigenvalue weighted by molar-refractivity contribution is 0.345. The van der Waals surface area contributed by atoms with Gasteiger partial charge in [-0.3, -0.25) is 0 Å². The third kappa shape index (κ3) is 4.20. The molecular formula is C20H27NO3. The average molecular weight is 329 g/mol. The van der Waals surface area contributed by atoms with Gasteiger partial charge in [0, 0.05) is 24.2 Å². The van der Waals surface area contributed by atoms with Crippen molar-refractivity contribution in [3.05, 3.63) is 53.6 Å². The van der Waals surface area contributed by atoms with E-state index in [1.54, 1.807) is 21.3 Å². The van der Waals surface area contributed by atoms with Gasteiger partial charge < -0.3 is 19.5 Å². The molecule has 130 valence electrons. The number of ether oxygens (including phenoxy) is 3. The second kappa shape index (κ2) is 8.60. The molecule has 0 bridgehead atoms. The minimum atomic E-state index is 0.268. The second-order valence-electron chi connectivity index (χ2n) is 6.03. The van der Waals surface area contributed by atoms with E-state index in [-0.39, 0.29) is 6.04 Å². The highest BCUT2D eigenvalue weighted by atomic mass is 16.5. The Bertz CT molecular complexity index is 641. The summed E-state index contributed by atoms with van der Waals surface area (Å²) in [7, 11) is 4.93. The van der Waals surface area contributed by atoms with Crippen LogP contribution in [0.1, 0.15) is 31.0 Å². The van der Waals surface area contributed by atoms with E-state index in [1.165, 1.54) is 5.56 Å². The lowest BCUT2D eigenvalue weighted by Gasteiger charge is -2.24. The monoisotopic (exact) mass is 329 g/mol. The van der Waals surface area contributed by atoms with E-state index in [0.29, 0.717) is 24.0 Å². The highest BCUT2D eigenvalue weighted by molar-refractivity contribution is 5.50. The van der Waals surface area contributed by atoms with Gasteiger partial charge in [-0.15, -0.1) is 0 Å². The molecule has 0 saturated carbocycles. The van der Waals surface area contributed by atoms with Gasteiger partial charge in [-0.2, -0.15) is 0 Å². The Morgan fingerprint density at radius 3 is 1.96 bits per heavy atom. The van der Waals surface area contributed by atoms with Gasteiger partial charge in [-0.1, -0.05) is 44.2 Å². The average Bonchev–Trinajstić information content (AvgIpc) is 2.61. The van der Waals surface area contributed by atoms with Crippen LogP contribution >= 0.6 is 0 Å². The van der Waals surface area contributed by atoms with Crippen molar-refractivity contribution in [2.75, 3.05) is 21.3 Å². The lowest BCUT2D eigenvalue weighted by Crippen LogP contribution is -2.25. The molecule has 2 aromatic carbocycles. The molecular weight excluding hydrogens is 302 g/mol. The molecule has 0 aliphatic carbocycles. The minimum absolute atomic E-state index is 0.268. The van der Waals surface area contributed by atoms with Crippen LogP contribution in [0.3, 0.4) is 0 Å². The van der Waals surface area contributed by atoms with Crippen LogP contribution in [-0.4, -0.2) is 21.3 Å². The van der Waals surface area contributed by atoms with Gasteiger partial charge in [0.2, 0.25) is 0 Å². The van der Waals surface area contributed by atoms with Crippen LogP contribution in [0, 0.1) is 5.92 Å². The molecule has 0 spiro atoms. The van der Waals surface area contributed by atoms with Gasteiger partial charge in [-0.25, -0.2) is 0 Å². The second-order valence-corrected chi connectivity index (χ2v) is 6.03. The van der Waals surface area contributed by atoms with Gasteiger partial charge in [0.05, 0.1) is 21.3 Å². The molecule has 2 aromatic rings. The molecule has 0 saturated heterocycles. The molecule has 0 unspecified atom stereocenters. The third-order valence-electron chi connectivity index (χ3n) is 4.12. The summed E-state index contributed by atoms with van der Waals surface area (Å²) in [6.45, 7) is 5.12. The summed E-state index contributed by atoms with van der Waals surface area (Å²) in [6.07, 6.45) is 0. The summed E-state index contributed by atoms with van der Waals surface area (Å²) in [5.74, 6) is 2.63. The first-order valence-electron chi connectivity index (χ1n) is 8.17. The van der Waals surface area contributed by atoms with Crippen LogP contribution < -0.4 is 19.5 Å². The largest absolute Gasteiger partial charge is 0.496 e. The van der Waals surface area contributed by atoms with E-state index >= 15 is 0 Å². The maximum absolute atomic E-state index is 5.51. The Morgan fingerprint density at radius 2 is 1.42 bits per heavy atom. The zero-order valence-corrected chi connectivity index (χ0v) is 15.1. The molecule has 4 heteroatoms. The molecule has 0 aromatic heterocycles. The first-order valence-corrected chi connectivity index (χ1v) is 8.17. The summed E-state index contributed by atoms with van der Waals surface area (Å²) in [5, 5.41) is 3.64. The van der Waals surface area contributed by atoms with E-state index < -0.39 is 0 Å². The molecule has 0 amide bonds. The topological polar surface area (TPSA) is 39.7 Å². The fourth-order valence-electron chi connectivity index (χ4n) is 2.85. The Labute approximate surface area is 144 Å². The molecule has 4 nitrogen and oxygen atoms in total. The van der Waals surface area contributed by atoms with Gasteiger partial charge in [0.15, 0.2) is 11.5 Å². The minimum Gasteiger partial charge on any atom is -0.496 e. The summed E-state index contributed by atoms with van der Waals surface area (Å²) in [4.78, 5) is 0. The van der Waals surface area contributed by atoms with Crippen molar-refractivity contribution in [2.45, 2.75) is 26.4 Å². The summed E-state index contributed by atoms with van der Waals surface area (Å²) < 4.78 is 16.3. The van der Waals surface area contributed by atoms with Gasteiger partial charge in [0.1, 0.15) is 5.75 Å². The predicted molar refractivity (Wildman–Crippen MR) is 97.0 cm³/mol. The van der Waals surface area contributed by atoms with Crippen molar-refractivity contribution in [2.24, 2.45) is 5.92 Å². The standard InChI is InChI=1S/C20H27NO3/c1-14(2)20(15-9-7-6-8-10-15)21-13-16-11-18(23-4)19(24-5)12-17(16)22-3/h6-12,14,20-21H,13H2,1-5H3/t20-/m1/s1. The van der Waals surface area contributed by atoms with E-state index in [0.717, 1.165) is 11.3 Å². The van der Waals surface area contributed by atoms with Crippen molar-refractivity contribution in [3.63, 3.8) is 0 Å². The molecule has 1 N–H and O–H groups in total. The quantitative estimate of drug-likeness (QED) is 0.788. The van der Waals surface area contributed by atoms with Crippen LogP contribution in [0.15, 0.2) is 42.5 Å². The normalized spacial score (nSPS) is 12.1. The van der Waals surface area contributed by atoms with Crippen LogP contribution in [0.5, 0.6) is 17.2 Å². The fraction of sp³-hybridized carbons (Fsp3) is 0.400. The van der Waals surface area contributed by atoms with Crippen molar-refractivity contribution < 1.29 is 14.2 Å². The summed E-state index contributed by atoms with van der Waals surface area (Å²) >= 11 is 0. The van der Waals surface area contributed by atoms with Crippen molar-refractivity contribution >= 4 is 0 Å². The van der Waals surface area contributed by atoms with E-state index in [2.05, 4.69) is 43.4 Å².